The number of para-hydroxylation sites is 1. The molecule has 3 aromatic rings. The number of fused-ring (bicyclic) bond motifs is 1. The largest absolute Gasteiger partial charge is 0.347 e. The second-order valence-electron chi connectivity index (χ2n) is 8.04. The van der Waals surface area contributed by atoms with Crippen molar-refractivity contribution in [1.29, 1.82) is 0 Å². The number of nitrogens with zero attached hydrogens (tertiary/aromatic N) is 4. The van der Waals surface area contributed by atoms with Gasteiger partial charge in [0.25, 0.3) is 0 Å². The maximum atomic E-state index is 12.9. The van der Waals surface area contributed by atoms with Crippen LogP contribution in [0, 0.1) is 0 Å². The monoisotopic (exact) mass is 452 g/mol. The number of carbonyl (C=O) groups is 1. The summed E-state index contributed by atoms with van der Waals surface area (Å²) in [5.41, 5.74) is 4.14. The molecule has 160 valence electrons. The van der Waals surface area contributed by atoms with Crippen LogP contribution in [0.15, 0.2) is 65.5 Å². The topological polar surface area (TPSA) is 51.0 Å². The number of ketones is 1. The number of halogens is 1. The van der Waals surface area contributed by atoms with Crippen molar-refractivity contribution in [3.05, 3.63) is 70.9 Å². The van der Waals surface area contributed by atoms with Crippen LogP contribution in [-0.2, 0) is 16.8 Å². The lowest BCUT2D eigenvalue weighted by molar-refractivity contribution is -0.112. The molecule has 0 aliphatic carbocycles. The molecule has 5 nitrogen and oxygen atoms in total. The van der Waals surface area contributed by atoms with E-state index in [2.05, 4.69) is 41.1 Å². The number of benzene rings is 2. The third-order valence-corrected chi connectivity index (χ3v) is 6.96. The van der Waals surface area contributed by atoms with Crippen LogP contribution in [0.3, 0.4) is 0 Å². The summed E-state index contributed by atoms with van der Waals surface area (Å²) >= 11 is 7.42. The van der Waals surface area contributed by atoms with Crippen molar-refractivity contribution in [3.63, 3.8) is 0 Å². The third-order valence-electron chi connectivity index (χ3n) is 5.72. The van der Waals surface area contributed by atoms with Gasteiger partial charge in [0.05, 0.1) is 5.75 Å². The van der Waals surface area contributed by atoms with Crippen LogP contribution in [0.5, 0.6) is 0 Å². The Balaban J connectivity index is 1.52. The molecule has 7 heteroatoms. The van der Waals surface area contributed by atoms with Gasteiger partial charge < -0.3 is 9.47 Å². The molecule has 1 aliphatic heterocycles. The molecule has 0 fully saturated rings. The maximum absolute atomic E-state index is 12.9. The van der Waals surface area contributed by atoms with Crippen molar-refractivity contribution in [2.75, 3.05) is 17.7 Å². The summed E-state index contributed by atoms with van der Waals surface area (Å²) in [7, 11) is 2.02. The lowest BCUT2D eigenvalue weighted by Gasteiger charge is -2.23. The highest BCUT2D eigenvalue weighted by Gasteiger charge is 2.38. The van der Waals surface area contributed by atoms with E-state index in [1.54, 1.807) is 6.08 Å². The summed E-state index contributed by atoms with van der Waals surface area (Å²) < 4.78 is 2.02. The number of hydrogen-bond acceptors (Lipinski definition) is 5. The fourth-order valence-corrected chi connectivity index (χ4v) is 5.03. The third kappa shape index (κ3) is 4.02. The molecule has 4 rings (SSSR count). The number of thioether (sulfide) groups is 1. The van der Waals surface area contributed by atoms with Crippen molar-refractivity contribution in [3.8, 4) is 11.4 Å². The van der Waals surface area contributed by atoms with Gasteiger partial charge in [-0.2, -0.15) is 0 Å². The minimum Gasteiger partial charge on any atom is -0.347 e. The molecular formula is C24H25ClN4OS. The zero-order chi connectivity index (χ0) is 22.2. The van der Waals surface area contributed by atoms with E-state index in [0.717, 1.165) is 27.9 Å². The summed E-state index contributed by atoms with van der Waals surface area (Å²) in [5, 5.41) is 10.1. The SMILES string of the molecule is CCn1c(SCC(=O)C=C2N(C)c3ccccc3C2(C)C)nnc1-c1ccc(Cl)cc1. The van der Waals surface area contributed by atoms with Crippen LogP contribution < -0.4 is 4.90 Å². The van der Waals surface area contributed by atoms with Crippen LogP contribution in [0.25, 0.3) is 11.4 Å². The lowest BCUT2D eigenvalue weighted by Crippen LogP contribution is -2.24. The van der Waals surface area contributed by atoms with Gasteiger partial charge in [0.15, 0.2) is 16.8 Å². The quantitative estimate of drug-likeness (QED) is 0.360. The molecule has 0 atom stereocenters. The second-order valence-corrected chi connectivity index (χ2v) is 9.42. The first-order valence-corrected chi connectivity index (χ1v) is 11.6. The van der Waals surface area contributed by atoms with Gasteiger partial charge in [0, 0.05) is 47.1 Å². The van der Waals surface area contributed by atoms with E-state index in [9.17, 15) is 4.79 Å². The van der Waals surface area contributed by atoms with Crippen LogP contribution in [0.4, 0.5) is 5.69 Å². The van der Waals surface area contributed by atoms with E-state index in [-0.39, 0.29) is 11.2 Å². The summed E-state index contributed by atoms with van der Waals surface area (Å²) in [4.78, 5) is 15.0. The molecule has 0 unspecified atom stereocenters. The smallest absolute Gasteiger partial charge is 0.191 e. The van der Waals surface area contributed by atoms with Crippen molar-refractivity contribution >= 4 is 34.8 Å². The predicted molar refractivity (Wildman–Crippen MR) is 128 cm³/mol. The van der Waals surface area contributed by atoms with Gasteiger partial charge in [-0.1, -0.05) is 55.4 Å². The highest BCUT2D eigenvalue weighted by molar-refractivity contribution is 7.99. The van der Waals surface area contributed by atoms with Crippen LogP contribution in [0.2, 0.25) is 5.02 Å². The number of likely N-dealkylation sites (N-methyl/N-ethyl adjacent to an activating group) is 1. The number of aromatic nitrogens is 3. The predicted octanol–water partition coefficient (Wildman–Crippen LogP) is 5.59. The van der Waals surface area contributed by atoms with E-state index in [1.165, 1.54) is 17.3 Å². The van der Waals surface area contributed by atoms with E-state index < -0.39 is 0 Å². The molecule has 1 aromatic heterocycles. The van der Waals surface area contributed by atoms with Crippen molar-refractivity contribution in [2.24, 2.45) is 0 Å². The number of rotatable bonds is 6. The van der Waals surface area contributed by atoms with Gasteiger partial charge in [-0.25, -0.2) is 0 Å². The molecule has 0 amide bonds. The van der Waals surface area contributed by atoms with E-state index in [4.69, 9.17) is 11.6 Å². The fourth-order valence-electron chi connectivity index (χ4n) is 4.08. The van der Waals surface area contributed by atoms with Crippen LogP contribution >= 0.6 is 23.4 Å². The maximum Gasteiger partial charge on any atom is 0.191 e. The zero-order valence-electron chi connectivity index (χ0n) is 18.1. The molecule has 0 bridgehead atoms. The Morgan fingerprint density at radius 3 is 2.52 bits per heavy atom. The first-order chi connectivity index (χ1) is 14.8. The zero-order valence-corrected chi connectivity index (χ0v) is 19.7. The minimum atomic E-state index is -0.211. The van der Waals surface area contributed by atoms with E-state index in [0.29, 0.717) is 17.3 Å². The molecule has 0 saturated heterocycles. The highest BCUT2D eigenvalue weighted by Crippen LogP contribution is 2.46. The molecule has 2 heterocycles. The lowest BCUT2D eigenvalue weighted by atomic mass is 9.83. The Hall–Kier alpha value is -2.57. The van der Waals surface area contributed by atoms with Crippen molar-refractivity contribution < 1.29 is 4.79 Å². The second kappa shape index (κ2) is 8.52. The minimum absolute atomic E-state index is 0.0615. The number of allylic oxidation sites excluding steroid dienone is 2. The number of anilines is 1. The van der Waals surface area contributed by atoms with E-state index in [1.807, 2.05) is 54.9 Å². The van der Waals surface area contributed by atoms with Gasteiger partial charge >= 0.3 is 0 Å². The normalized spacial score (nSPS) is 16.0. The van der Waals surface area contributed by atoms with Crippen molar-refractivity contribution in [1.82, 2.24) is 14.8 Å². The summed E-state index contributed by atoms with van der Waals surface area (Å²) in [6.07, 6.45) is 1.78. The Morgan fingerprint density at radius 1 is 1.13 bits per heavy atom. The Morgan fingerprint density at radius 2 is 1.84 bits per heavy atom. The van der Waals surface area contributed by atoms with Crippen LogP contribution in [0.1, 0.15) is 26.3 Å². The Kier molecular flexibility index (Phi) is 5.95. The summed E-state index contributed by atoms with van der Waals surface area (Å²) in [6.45, 7) is 7.08. The Labute approximate surface area is 192 Å². The average Bonchev–Trinajstić information content (AvgIpc) is 3.26. The average molecular weight is 453 g/mol. The molecule has 0 N–H and O–H groups in total. The van der Waals surface area contributed by atoms with Gasteiger partial charge in [-0.05, 0) is 42.8 Å². The fraction of sp³-hybridized carbons (Fsp3) is 0.292. The first-order valence-electron chi connectivity index (χ1n) is 10.2. The molecule has 2 aromatic carbocycles. The van der Waals surface area contributed by atoms with Crippen molar-refractivity contribution in [2.45, 2.75) is 37.9 Å². The van der Waals surface area contributed by atoms with Gasteiger partial charge in [0.1, 0.15) is 0 Å². The van der Waals surface area contributed by atoms with Gasteiger partial charge in [0.2, 0.25) is 0 Å². The first kappa shape index (κ1) is 21.7. The van der Waals surface area contributed by atoms with Gasteiger partial charge in [-0.15, -0.1) is 10.2 Å². The molecule has 0 spiro atoms. The molecule has 1 aliphatic rings. The molecule has 0 radical (unpaired) electrons. The number of carbonyl (C=O) groups excluding carboxylic acids is 1. The standard InChI is InChI=1S/C24H25ClN4OS/c1-5-29-22(16-10-12-17(25)13-11-16)26-27-23(29)31-15-18(30)14-21-24(2,3)19-8-6-7-9-20(19)28(21)4/h6-14H,5,15H2,1-4H3. The van der Waals surface area contributed by atoms with Crippen LogP contribution in [-0.4, -0.2) is 33.3 Å². The van der Waals surface area contributed by atoms with Gasteiger partial charge in [-0.3, -0.25) is 4.79 Å². The molecular weight excluding hydrogens is 428 g/mol. The summed E-state index contributed by atoms with van der Waals surface area (Å²) in [6, 6.07) is 15.8. The number of hydrogen-bond donors (Lipinski definition) is 0. The summed E-state index contributed by atoms with van der Waals surface area (Å²) in [5.74, 6) is 1.15. The highest BCUT2D eigenvalue weighted by atomic mass is 35.5. The molecule has 0 saturated carbocycles. The van der Waals surface area contributed by atoms with E-state index >= 15 is 0 Å². The Bertz CT molecular complexity index is 1150. The molecule has 31 heavy (non-hydrogen) atoms.